The summed E-state index contributed by atoms with van der Waals surface area (Å²) in [7, 11) is 1.29. The van der Waals surface area contributed by atoms with Gasteiger partial charge in [-0.1, -0.05) is 24.6 Å². The second kappa shape index (κ2) is 10.8. The number of unbranched alkanes of at least 4 members (excludes halogenated alkanes) is 1. The van der Waals surface area contributed by atoms with Crippen LogP contribution >= 0.6 is 11.6 Å². The molecule has 0 radical (unpaired) electrons. The highest BCUT2D eigenvalue weighted by Crippen LogP contribution is 2.36. The summed E-state index contributed by atoms with van der Waals surface area (Å²) >= 11 is 5.87. The highest BCUT2D eigenvalue weighted by Gasteiger charge is 2.30. The quantitative estimate of drug-likeness (QED) is 0.403. The number of ether oxygens (including phenoxy) is 2. The van der Waals surface area contributed by atoms with Gasteiger partial charge in [-0.3, -0.25) is 4.79 Å². The van der Waals surface area contributed by atoms with E-state index in [-0.39, 0.29) is 6.42 Å². The molecule has 1 saturated heterocycles. The standard InChI is InChI=1S/C23H29ClFN3O3/c1-23(8-10-28(11-9-23)22-26-15-18(24)16-27-22)7-3-4-12-31-19-6-5-17(20(25)14-19)13-21(29)30-2/h5-6,14-16H,3-4,7-13H2,1-2H3. The summed E-state index contributed by atoms with van der Waals surface area (Å²) in [4.78, 5) is 22.1. The van der Waals surface area contributed by atoms with E-state index in [1.807, 2.05) is 0 Å². The molecule has 1 aromatic carbocycles. The average molecular weight is 450 g/mol. The summed E-state index contributed by atoms with van der Waals surface area (Å²) in [5.74, 6) is 0.303. The Morgan fingerprint density at radius 2 is 1.94 bits per heavy atom. The zero-order valence-electron chi connectivity index (χ0n) is 18.1. The molecule has 0 atom stereocenters. The molecule has 168 valence electrons. The van der Waals surface area contributed by atoms with E-state index in [0.29, 0.717) is 28.4 Å². The van der Waals surface area contributed by atoms with Crippen molar-refractivity contribution in [3.63, 3.8) is 0 Å². The van der Waals surface area contributed by atoms with Crippen LogP contribution in [0.4, 0.5) is 10.3 Å². The second-order valence-electron chi connectivity index (χ2n) is 8.31. The molecular weight excluding hydrogens is 421 g/mol. The van der Waals surface area contributed by atoms with Gasteiger partial charge in [0.25, 0.3) is 0 Å². The van der Waals surface area contributed by atoms with Gasteiger partial charge in [-0.15, -0.1) is 0 Å². The number of halogens is 2. The zero-order chi connectivity index (χ0) is 22.3. The molecule has 0 unspecified atom stereocenters. The predicted molar refractivity (Wildman–Crippen MR) is 118 cm³/mol. The van der Waals surface area contributed by atoms with E-state index in [1.165, 1.54) is 13.2 Å². The van der Waals surface area contributed by atoms with Gasteiger partial charge in [-0.05, 0) is 49.1 Å². The van der Waals surface area contributed by atoms with Gasteiger partial charge in [0.15, 0.2) is 0 Å². The Bertz CT molecular complexity index is 871. The number of hydrogen-bond acceptors (Lipinski definition) is 6. The summed E-state index contributed by atoms with van der Waals surface area (Å²) in [5, 5.41) is 0.549. The van der Waals surface area contributed by atoms with Crippen LogP contribution < -0.4 is 9.64 Å². The van der Waals surface area contributed by atoms with Crippen LogP contribution in [0.3, 0.4) is 0 Å². The van der Waals surface area contributed by atoms with E-state index in [9.17, 15) is 9.18 Å². The predicted octanol–water partition coefficient (Wildman–Crippen LogP) is 4.84. The van der Waals surface area contributed by atoms with Crippen molar-refractivity contribution in [3.8, 4) is 5.75 Å². The van der Waals surface area contributed by atoms with Crippen molar-refractivity contribution in [2.24, 2.45) is 5.41 Å². The molecule has 2 heterocycles. The number of carbonyl (C=O) groups is 1. The molecule has 1 aromatic heterocycles. The Morgan fingerprint density at radius 1 is 1.23 bits per heavy atom. The van der Waals surface area contributed by atoms with E-state index >= 15 is 0 Å². The van der Waals surface area contributed by atoms with E-state index in [2.05, 4.69) is 26.5 Å². The molecule has 3 rings (SSSR count). The van der Waals surface area contributed by atoms with Crippen molar-refractivity contribution < 1.29 is 18.7 Å². The number of piperidine rings is 1. The van der Waals surface area contributed by atoms with E-state index in [4.69, 9.17) is 16.3 Å². The number of anilines is 1. The van der Waals surface area contributed by atoms with Crippen LogP contribution in [0.5, 0.6) is 5.75 Å². The van der Waals surface area contributed by atoms with Crippen LogP contribution in [-0.2, 0) is 16.0 Å². The Labute approximate surface area is 187 Å². The third-order valence-electron chi connectivity index (χ3n) is 5.89. The molecule has 0 bridgehead atoms. The van der Waals surface area contributed by atoms with Gasteiger partial charge < -0.3 is 14.4 Å². The number of aromatic nitrogens is 2. The Balaban J connectivity index is 1.36. The minimum atomic E-state index is -0.465. The molecule has 0 spiro atoms. The molecule has 8 heteroatoms. The Kier molecular flexibility index (Phi) is 8.07. The van der Waals surface area contributed by atoms with Gasteiger partial charge in [0, 0.05) is 19.2 Å². The van der Waals surface area contributed by atoms with Gasteiger partial charge in [-0.25, -0.2) is 14.4 Å². The van der Waals surface area contributed by atoms with Crippen LogP contribution in [0, 0.1) is 11.2 Å². The Hall–Kier alpha value is -2.41. The monoisotopic (exact) mass is 449 g/mol. The first-order chi connectivity index (χ1) is 14.9. The zero-order valence-corrected chi connectivity index (χ0v) is 18.8. The molecule has 2 aromatic rings. The third-order valence-corrected chi connectivity index (χ3v) is 6.09. The van der Waals surface area contributed by atoms with E-state index < -0.39 is 11.8 Å². The van der Waals surface area contributed by atoms with Crippen molar-refractivity contribution in [1.82, 2.24) is 9.97 Å². The summed E-state index contributed by atoms with van der Waals surface area (Å²) in [6.45, 7) is 4.75. The largest absolute Gasteiger partial charge is 0.493 e. The highest BCUT2D eigenvalue weighted by atomic mass is 35.5. The first-order valence-corrected chi connectivity index (χ1v) is 11.0. The van der Waals surface area contributed by atoms with Crippen molar-refractivity contribution in [2.75, 3.05) is 31.7 Å². The number of rotatable bonds is 9. The maximum atomic E-state index is 14.1. The molecule has 1 fully saturated rings. The molecule has 0 N–H and O–H groups in total. The second-order valence-corrected chi connectivity index (χ2v) is 8.75. The van der Waals surface area contributed by atoms with Gasteiger partial charge in [0.2, 0.25) is 5.95 Å². The lowest BCUT2D eigenvalue weighted by atomic mass is 9.76. The molecule has 1 aliphatic heterocycles. The summed E-state index contributed by atoms with van der Waals surface area (Å²) in [6, 6.07) is 4.59. The third kappa shape index (κ3) is 6.79. The lowest BCUT2D eigenvalue weighted by Crippen LogP contribution is -2.39. The first-order valence-electron chi connectivity index (χ1n) is 10.6. The van der Waals surface area contributed by atoms with Crippen molar-refractivity contribution in [2.45, 2.75) is 45.4 Å². The number of hydrogen-bond donors (Lipinski definition) is 0. The number of carbonyl (C=O) groups excluding carboxylic acids is 1. The van der Waals surface area contributed by atoms with Crippen LogP contribution in [0.1, 0.15) is 44.6 Å². The first kappa shape index (κ1) is 23.3. The number of methoxy groups -OCH3 is 1. The molecule has 0 amide bonds. The van der Waals surface area contributed by atoms with Gasteiger partial charge in [0.1, 0.15) is 11.6 Å². The van der Waals surface area contributed by atoms with E-state index in [0.717, 1.165) is 51.1 Å². The van der Waals surface area contributed by atoms with Crippen molar-refractivity contribution >= 4 is 23.5 Å². The van der Waals surface area contributed by atoms with Gasteiger partial charge >= 0.3 is 5.97 Å². The van der Waals surface area contributed by atoms with Crippen molar-refractivity contribution in [3.05, 3.63) is 47.0 Å². The smallest absolute Gasteiger partial charge is 0.310 e. The number of esters is 1. The summed E-state index contributed by atoms with van der Waals surface area (Å²) in [5.41, 5.74) is 0.604. The van der Waals surface area contributed by atoms with Crippen molar-refractivity contribution in [1.29, 1.82) is 0 Å². The lowest BCUT2D eigenvalue weighted by Gasteiger charge is -2.39. The molecule has 0 saturated carbocycles. The lowest BCUT2D eigenvalue weighted by molar-refractivity contribution is -0.139. The van der Waals surface area contributed by atoms with Gasteiger partial charge in [-0.2, -0.15) is 0 Å². The maximum absolute atomic E-state index is 14.1. The fourth-order valence-corrected chi connectivity index (χ4v) is 3.90. The molecule has 0 aliphatic carbocycles. The normalized spacial score (nSPS) is 15.5. The molecule has 31 heavy (non-hydrogen) atoms. The van der Waals surface area contributed by atoms with Gasteiger partial charge in [0.05, 0.1) is 37.6 Å². The SMILES string of the molecule is COC(=O)Cc1ccc(OCCCCC2(C)CCN(c3ncc(Cl)cn3)CC2)cc1F. The number of benzene rings is 1. The number of nitrogens with zero attached hydrogens (tertiary/aromatic N) is 3. The minimum absolute atomic E-state index is 0.0806. The van der Waals surface area contributed by atoms with Crippen LogP contribution in [-0.4, -0.2) is 42.7 Å². The molecule has 6 nitrogen and oxygen atoms in total. The fraction of sp³-hybridized carbons (Fsp3) is 0.522. The Morgan fingerprint density at radius 3 is 2.58 bits per heavy atom. The topological polar surface area (TPSA) is 64.6 Å². The fourth-order valence-electron chi connectivity index (χ4n) is 3.80. The van der Waals surface area contributed by atoms with E-state index in [1.54, 1.807) is 24.5 Å². The molecule has 1 aliphatic rings. The summed E-state index contributed by atoms with van der Waals surface area (Å²) in [6.07, 6.45) is 8.45. The minimum Gasteiger partial charge on any atom is -0.493 e. The van der Waals surface area contributed by atoms with Crippen LogP contribution in [0.2, 0.25) is 5.02 Å². The molecular formula is C23H29ClFN3O3. The van der Waals surface area contributed by atoms with Crippen LogP contribution in [0.25, 0.3) is 0 Å². The average Bonchev–Trinajstić information content (AvgIpc) is 2.76. The van der Waals surface area contributed by atoms with Crippen LogP contribution in [0.15, 0.2) is 30.6 Å². The highest BCUT2D eigenvalue weighted by molar-refractivity contribution is 6.30. The summed E-state index contributed by atoms with van der Waals surface area (Å²) < 4.78 is 24.3. The maximum Gasteiger partial charge on any atom is 0.310 e.